The first-order chi connectivity index (χ1) is 7.22. The van der Waals surface area contributed by atoms with Crippen LogP contribution >= 0.6 is 0 Å². The van der Waals surface area contributed by atoms with Gasteiger partial charge >= 0.3 is 5.97 Å². The highest BCUT2D eigenvalue weighted by atomic mass is 16.5. The maximum absolute atomic E-state index is 11.1. The molecule has 0 aromatic heterocycles. The van der Waals surface area contributed by atoms with E-state index in [0.29, 0.717) is 11.5 Å². The molecular formula is C12H14O3. The third kappa shape index (κ3) is 2.18. The van der Waals surface area contributed by atoms with Gasteiger partial charge in [-0.2, -0.15) is 0 Å². The standard InChI is InChI=1S/C12H14O3/c1-15-12(14)11(13)10-6-4-9(5-7-10)8-2-3-8/h4-8,11,13H,2-3H2,1H3. The number of benzene rings is 1. The fraction of sp³-hybridized carbons (Fsp3) is 0.417. The Balaban J connectivity index is 2.11. The molecule has 0 bridgehead atoms. The Morgan fingerprint density at radius 1 is 1.40 bits per heavy atom. The van der Waals surface area contributed by atoms with E-state index in [0.717, 1.165) is 0 Å². The second-order valence-corrected chi connectivity index (χ2v) is 3.87. The fourth-order valence-corrected chi connectivity index (χ4v) is 1.61. The summed E-state index contributed by atoms with van der Waals surface area (Å²) in [6.45, 7) is 0. The van der Waals surface area contributed by atoms with E-state index >= 15 is 0 Å². The molecule has 1 N–H and O–H groups in total. The second-order valence-electron chi connectivity index (χ2n) is 3.87. The first kappa shape index (κ1) is 10.2. The van der Waals surface area contributed by atoms with Gasteiger partial charge < -0.3 is 9.84 Å². The van der Waals surface area contributed by atoms with Crippen molar-refractivity contribution in [3.05, 3.63) is 35.4 Å². The van der Waals surface area contributed by atoms with Crippen molar-refractivity contribution in [2.24, 2.45) is 0 Å². The summed E-state index contributed by atoms with van der Waals surface area (Å²) in [5.74, 6) is 0.0727. The van der Waals surface area contributed by atoms with Crippen LogP contribution in [0.2, 0.25) is 0 Å². The Morgan fingerprint density at radius 2 is 2.00 bits per heavy atom. The van der Waals surface area contributed by atoms with Gasteiger partial charge in [-0.05, 0) is 29.9 Å². The summed E-state index contributed by atoms with van der Waals surface area (Å²) in [5.41, 5.74) is 1.88. The van der Waals surface area contributed by atoms with E-state index in [4.69, 9.17) is 0 Å². The quantitative estimate of drug-likeness (QED) is 0.767. The lowest BCUT2D eigenvalue weighted by atomic mass is 10.0. The van der Waals surface area contributed by atoms with Crippen LogP contribution in [0.25, 0.3) is 0 Å². The SMILES string of the molecule is COC(=O)C(O)c1ccc(C2CC2)cc1. The van der Waals surface area contributed by atoms with E-state index in [1.165, 1.54) is 25.5 Å². The molecule has 0 spiro atoms. The molecule has 1 aliphatic carbocycles. The summed E-state index contributed by atoms with van der Waals surface area (Å²) in [7, 11) is 1.27. The number of hydrogen-bond donors (Lipinski definition) is 1. The summed E-state index contributed by atoms with van der Waals surface area (Å²) in [6.07, 6.45) is 1.33. The average Bonchev–Trinajstić information content (AvgIpc) is 3.11. The van der Waals surface area contributed by atoms with Crippen molar-refractivity contribution in [2.45, 2.75) is 24.9 Å². The molecule has 1 aromatic rings. The number of ether oxygens (including phenoxy) is 1. The van der Waals surface area contributed by atoms with Gasteiger partial charge in [-0.3, -0.25) is 0 Å². The zero-order valence-electron chi connectivity index (χ0n) is 8.64. The number of hydrogen-bond acceptors (Lipinski definition) is 3. The van der Waals surface area contributed by atoms with Crippen LogP contribution in [0, 0.1) is 0 Å². The Kier molecular flexibility index (Phi) is 2.73. The number of carbonyl (C=O) groups excluding carboxylic acids is 1. The number of methoxy groups -OCH3 is 1. The summed E-state index contributed by atoms with van der Waals surface area (Å²) < 4.78 is 4.47. The third-order valence-electron chi connectivity index (χ3n) is 2.73. The molecule has 3 heteroatoms. The van der Waals surface area contributed by atoms with Gasteiger partial charge in [-0.1, -0.05) is 24.3 Å². The van der Waals surface area contributed by atoms with Crippen molar-refractivity contribution < 1.29 is 14.6 Å². The Bertz CT molecular complexity index is 352. The molecular weight excluding hydrogens is 192 g/mol. The van der Waals surface area contributed by atoms with Gasteiger partial charge in [0.2, 0.25) is 0 Å². The van der Waals surface area contributed by atoms with E-state index in [-0.39, 0.29) is 0 Å². The maximum Gasteiger partial charge on any atom is 0.339 e. The molecule has 0 heterocycles. The van der Waals surface area contributed by atoms with Gasteiger partial charge in [0.25, 0.3) is 0 Å². The predicted molar refractivity (Wildman–Crippen MR) is 55.4 cm³/mol. The minimum Gasteiger partial charge on any atom is -0.467 e. The number of aliphatic hydroxyl groups is 1. The Morgan fingerprint density at radius 3 is 2.47 bits per heavy atom. The number of carbonyl (C=O) groups is 1. The summed E-state index contributed by atoms with van der Waals surface area (Å²) >= 11 is 0. The molecule has 80 valence electrons. The molecule has 3 nitrogen and oxygen atoms in total. The molecule has 0 saturated heterocycles. The summed E-state index contributed by atoms with van der Waals surface area (Å²) in [5, 5.41) is 9.56. The van der Waals surface area contributed by atoms with Crippen LogP contribution in [-0.4, -0.2) is 18.2 Å². The van der Waals surface area contributed by atoms with Crippen LogP contribution < -0.4 is 0 Å². The lowest BCUT2D eigenvalue weighted by molar-refractivity contribution is -0.150. The van der Waals surface area contributed by atoms with Crippen molar-refractivity contribution in [2.75, 3.05) is 7.11 Å². The van der Waals surface area contributed by atoms with E-state index in [2.05, 4.69) is 4.74 Å². The molecule has 0 amide bonds. The fourth-order valence-electron chi connectivity index (χ4n) is 1.61. The zero-order valence-corrected chi connectivity index (χ0v) is 8.64. The van der Waals surface area contributed by atoms with Gasteiger partial charge in [-0.15, -0.1) is 0 Å². The van der Waals surface area contributed by atoms with Gasteiger partial charge in [0, 0.05) is 0 Å². The molecule has 1 fully saturated rings. The lowest BCUT2D eigenvalue weighted by Gasteiger charge is -2.08. The highest BCUT2D eigenvalue weighted by Gasteiger charge is 2.24. The van der Waals surface area contributed by atoms with Crippen LogP contribution in [-0.2, 0) is 9.53 Å². The summed E-state index contributed by atoms with van der Waals surface area (Å²) in [4.78, 5) is 11.1. The molecule has 1 aromatic carbocycles. The average molecular weight is 206 g/mol. The number of rotatable bonds is 3. The van der Waals surface area contributed by atoms with Crippen LogP contribution in [0.3, 0.4) is 0 Å². The summed E-state index contributed by atoms with van der Waals surface area (Å²) in [6, 6.07) is 7.52. The monoisotopic (exact) mass is 206 g/mol. The predicted octanol–water partition coefficient (Wildman–Crippen LogP) is 1.77. The minimum atomic E-state index is -1.16. The van der Waals surface area contributed by atoms with Crippen LogP contribution in [0.4, 0.5) is 0 Å². The van der Waals surface area contributed by atoms with Crippen molar-refractivity contribution in [1.29, 1.82) is 0 Å². The van der Waals surface area contributed by atoms with E-state index in [1.54, 1.807) is 12.1 Å². The van der Waals surface area contributed by atoms with E-state index < -0.39 is 12.1 Å². The zero-order chi connectivity index (χ0) is 10.8. The molecule has 0 radical (unpaired) electrons. The van der Waals surface area contributed by atoms with Crippen molar-refractivity contribution in [1.82, 2.24) is 0 Å². The van der Waals surface area contributed by atoms with Gasteiger partial charge in [0.1, 0.15) is 0 Å². The van der Waals surface area contributed by atoms with E-state index in [1.807, 2.05) is 12.1 Å². The molecule has 2 rings (SSSR count). The minimum absolute atomic E-state index is 0.589. The molecule has 1 atom stereocenters. The highest BCUT2D eigenvalue weighted by Crippen LogP contribution is 2.40. The largest absolute Gasteiger partial charge is 0.467 e. The number of esters is 1. The highest BCUT2D eigenvalue weighted by molar-refractivity contribution is 5.76. The van der Waals surface area contributed by atoms with Crippen molar-refractivity contribution in [3.8, 4) is 0 Å². The van der Waals surface area contributed by atoms with Gasteiger partial charge in [0.15, 0.2) is 6.10 Å². The maximum atomic E-state index is 11.1. The Hall–Kier alpha value is -1.35. The second kappa shape index (κ2) is 4.03. The van der Waals surface area contributed by atoms with Crippen LogP contribution in [0.15, 0.2) is 24.3 Å². The molecule has 1 saturated carbocycles. The first-order valence-corrected chi connectivity index (χ1v) is 5.08. The smallest absolute Gasteiger partial charge is 0.339 e. The van der Waals surface area contributed by atoms with Crippen LogP contribution in [0.1, 0.15) is 36.0 Å². The molecule has 0 aliphatic heterocycles. The lowest BCUT2D eigenvalue weighted by Crippen LogP contribution is -2.13. The molecule has 1 aliphatic rings. The van der Waals surface area contributed by atoms with Gasteiger partial charge in [-0.25, -0.2) is 4.79 Å². The van der Waals surface area contributed by atoms with Gasteiger partial charge in [0.05, 0.1) is 7.11 Å². The topological polar surface area (TPSA) is 46.5 Å². The normalized spacial score (nSPS) is 17.2. The first-order valence-electron chi connectivity index (χ1n) is 5.08. The molecule has 1 unspecified atom stereocenters. The Labute approximate surface area is 88.7 Å². The van der Waals surface area contributed by atoms with E-state index in [9.17, 15) is 9.90 Å². The third-order valence-corrected chi connectivity index (χ3v) is 2.73. The molecule has 15 heavy (non-hydrogen) atoms. The van der Waals surface area contributed by atoms with Crippen LogP contribution in [0.5, 0.6) is 0 Å². The van der Waals surface area contributed by atoms with Crippen molar-refractivity contribution >= 4 is 5.97 Å². The number of aliphatic hydroxyl groups excluding tert-OH is 1. The van der Waals surface area contributed by atoms with Crippen molar-refractivity contribution in [3.63, 3.8) is 0 Å².